The fourth-order valence-corrected chi connectivity index (χ4v) is 2.95. The largest absolute Gasteiger partial charge is 0.362 e. The highest BCUT2D eigenvalue weighted by atomic mass is 32.2. The van der Waals surface area contributed by atoms with Crippen molar-refractivity contribution < 1.29 is 0 Å². The number of nitrogens with one attached hydrogen (secondary N) is 1. The van der Waals surface area contributed by atoms with Crippen molar-refractivity contribution in [2.24, 2.45) is 10.9 Å². The Morgan fingerprint density at radius 2 is 2.39 bits per heavy atom. The van der Waals surface area contributed by atoms with Gasteiger partial charge in [0.25, 0.3) is 0 Å². The smallest absolute Gasteiger partial charge is 0.156 e. The summed E-state index contributed by atoms with van der Waals surface area (Å²) in [5, 5.41) is 4.64. The predicted molar refractivity (Wildman–Crippen MR) is 79.1 cm³/mol. The maximum atomic E-state index is 4.64. The van der Waals surface area contributed by atoms with Crippen molar-refractivity contribution in [3.63, 3.8) is 0 Å². The van der Waals surface area contributed by atoms with Gasteiger partial charge in [0, 0.05) is 36.7 Å². The molecule has 1 aromatic heterocycles. The molecule has 2 heterocycles. The molecule has 1 saturated heterocycles. The third kappa shape index (κ3) is 4.02. The summed E-state index contributed by atoms with van der Waals surface area (Å²) in [4.78, 5) is 8.95. The summed E-state index contributed by atoms with van der Waals surface area (Å²) >= 11 is 1.84. The maximum Gasteiger partial charge on any atom is 0.156 e. The van der Waals surface area contributed by atoms with Crippen molar-refractivity contribution in [3.05, 3.63) is 30.1 Å². The molecule has 0 spiro atoms. The Labute approximate surface area is 113 Å². The van der Waals surface area contributed by atoms with E-state index in [9.17, 15) is 0 Å². The lowest BCUT2D eigenvalue weighted by Gasteiger charge is -2.28. The van der Waals surface area contributed by atoms with E-state index in [0.717, 1.165) is 23.8 Å². The monoisotopic (exact) mass is 263 g/mol. The number of aliphatic imine (C=N–C) groups is 1. The summed E-state index contributed by atoms with van der Waals surface area (Å²) in [6.07, 6.45) is 3.99. The van der Waals surface area contributed by atoms with Crippen LogP contribution >= 0.6 is 11.8 Å². The van der Waals surface area contributed by atoms with E-state index in [-0.39, 0.29) is 0 Å². The van der Waals surface area contributed by atoms with E-state index in [1.54, 1.807) is 0 Å². The molecule has 0 saturated carbocycles. The molecule has 18 heavy (non-hydrogen) atoms. The van der Waals surface area contributed by atoms with Crippen LogP contribution in [0.5, 0.6) is 0 Å². The van der Waals surface area contributed by atoms with Crippen LogP contribution in [0.3, 0.4) is 0 Å². The second-order valence-electron chi connectivity index (χ2n) is 4.89. The van der Waals surface area contributed by atoms with Crippen LogP contribution < -0.4 is 5.32 Å². The van der Waals surface area contributed by atoms with E-state index in [2.05, 4.69) is 35.2 Å². The van der Waals surface area contributed by atoms with Gasteiger partial charge in [0.15, 0.2) is 5.17 Å². The molecule has 0 aromatic carbocycles. The van der Waals surface area contributed by atoms with Crippen LogP contribution in [0.2, 0.25) is 0 Å². The molecule has 1 aliphatic heterocycles. The Hall–Kier alpha value is -1.03. The minimum Gasteiger partial charge on any atom is -0.362 e. The Bertz CT molecular complexity index is 389. The fraction of sp³-hybridized carbons (Fsp3) is 0.571. The molecule has 0 radical (unpaired) electrons. The third-order valence-corrected chi connectivity index (χ3v) is 4.09. The molecule has 1 aliphatic rings. The van der Waals surface area contributed by atoms with Crippen LogP contribution in [-0.2, 0) is 6.42 Å². The van der Waals surface area contributed by atoms with Gasteiger partial charge >= 0.3 is 0 Å². The van der Waals surface area contributed by atoms with E-state index < -0.39 is 0 Å². The highest BCUT2D eigenvalue weighted by molar-refractivity contribution is 8.13. The number of hydrogen-bond donors (Lipinski definition) is 1. The van der Waals surface area contributed by atoms with Crippen molar-refractivity contribution >= 4 is 16.9 Å². The summed E-state index contributed by atoms with van der Waals surface area (Å²) in [5.74, 6) is 1.85. The molecule has 2 rings (SSSR count). The van der Waals surface area contributed by atoms with Crippen LogP contribution in [0.1, 0.15) is 26.0 Å². The maximum absolute atomic E-state index is 4.64. The Morgan fingerprint density at radius 1 is 1.50 bits per heavy atom. The summed E-state index contributed by atoms with van der Waals surface area (Å²) in [6, 6.07) is 6.61. The summed E-state index contributed by atoms with van der Waals surface area (Å²) in [6.45, 7) is 5.34. The fourth-order valence-electron chi connectivity index (χ4n) is 1.96. The molecule has 4 heteroatoms. The van der Waals surface area contributed by atoms with Crippen molar-refractivity contribution in [3.8, 4) is 0 Å². The number of pyridine rings is 1. The quantitative estimate of drug-likeness (QED) is 0.907. The normalized spacial score (nSPS) is 22.2. The number of hydrogen-bond acceptors (Lipinski definition) is 3. The number of nitrogens with zero attached hydrogens (tertiary/aromatic N) is 2. The lowest BCUT2D eigenvalue weighted by atomic mass is 10.0. The molecule has 1 aromatic rings. The molecule has 98 valence electrons. The standard InChI is InChI=1S/C14H21N3S/c1-11(2)13-7-10-18-14(17-13)16-9-6-12-5-3-4-8-15-12/h3-5,8,11,13H,6-7,9-10H2,1-2H3,(H,16,17). The molecule has 1 N–H and O–H groups in total. The first-order chi connectivity index (χ1) is 8.75. The van der Waals surface area contributed by atoms with Gasteiger partial charge in [-0.15, -0.1) is 0 Å². The number of amidine groups is 1. The molecular formula is C14H21N3S. The zero-order valence-corrected chi connectivity index (χ0v) is 11.9. The van der Waals surface area contributed by atoms with E-state index in [4.69, 9.17) is 0 Å². The zero-order chi connectivity index (χ0) is 12.8. The van der Waals surface area contributed by atoms with Gasteiger partial charge in [-0.1, -0.05) is 31.7 Å². The van der Waals surface area contributed by atoms with Crippen molar-refractivity contribution in [1.82, 2.24) is 10.3 Å². The van der Waals surface area contributed by atoms with Gasteiger partial charge in [0.05, 0.1) is 0 Å². The molecule has 1 atom stereocenters. The van der Waals surface area contributed by atoms with Gasteiger partial charge in [0.1, 0.15) is 0 Å². The van der Waals surface area contributed by atoms with Gasteiger partial charge in [-0.2, -0.15) is 0 Å². The van der Waals surface area contributed by atoms with Crippen molar-refractivity contribution in [2.45, 2.75) is 32.7 Å². The highest BCUT2D eigenvalue weighted by Gasteiger charge is 2.19. The van der Waals surface area contributed by atoms with Gasteiger partial charge in [-0.25, -0.2) is 0 Å². The van der Waals surface area contributed by atoms with E-state index >= 15 is 0 Å². The Kier molecular flexibility index (Phi) is 5.05. The zero-order valence-electron chi connectivity index (χ0n) is 11.1. The first-order valence-corrected chi connectivity index (χ1v) is 7.58. The van der Waals surface area contributed by atoms with E-state index in [1.807, 2.05) is 30.1 Å². The minimum absolute atomic E-state index is 0.583. The average molecular weight is 263 g/mol. The average Bonchev–Trinajstić information content (AvgIpc) is 2.40. The molecule has 0 bridgehead atoms. The van der Waals surface area contributed by atoms with Crippen LogP contribution in [0, 0.1) is 5.92 Å². The predicted octanol–water partition coefficient (Wildman–Crippen LogP) is 2.73. The Morgan fingerprint density at radius 3 is 3.11 bits per heavy atom. The molecule has 1 fully saturated rings. The third-order valence-electron chi connectivity index (χ3n) is 3.13. The lowest BCUT2D eigenvalue weighted by Crippen LogP contribution is -2.41. The molecule has 3 nitrogen and oxygen atoms in total. The molecular weight excluding hydrogens is 242 g/mol. The van der Waals surface area contributed by atoms with Gasteiger partial charge < -0.3 is 5.32 Å². The second-order valence-corrected chi connectivity index (χ2v) is 5.97. The minimum atomic E-state index is 0.583. The molecule has 0 aliphatic carbocycles. The molecule has 0 amide bonds. The summed E-state index contributed by atoms with van der Waals surface area (Å²) in [7, 11) is 0. The van der Waals surface area contributed by atoms with Crippen molar-refractivity contribution in [1.29, 1.82) is 0 Å². The number of thioether (sulfide) groups is 1. The first-order valence-electron chi connectivity index (χ1n) is 6.59. The van der Waals surface area contributed by atoms with Crippen LogP contribution in [0.4, 0.5) is 0 Å². The van der Waals surface area contributed by atoms with Gasteiger partial charge in [0.2, 0.25) is 0 Å². The van der Waals surface area contributed by atoms with Crippen LogP contribution in [0.25, 0.3) is 0 Å². The van der Waals surface area contributed by atoms with Gasteiger partial charge in [-0.3, -0.25) is 9.98 Å². The second kappa shape index (κ2) is 6.78. The summed E-state index contributed by atoms with van der Waals surface area (Å²) < 4.78 is 0. The van der Waals surface area contributed by atoms with Crippen LogP contribution in [-0.4, -0.2) is 28.5 Å². The van der Waals surface area contributed by atoms with E-state index in [0.29, 0.717) is 12.0 Å². The SMILES string of the molecule is CC(C)C1CCSC(=NCCc2ccccn2)N1. The van der Waals surface area contributed by atoms with Crippen LogP contribution in [0.15, 0.2) is 29.4 Å². The number of rotatable bonds is 4. The topological polar surface area (TPSA) is 37.3 Å². The summed E-state index contributed by atoms with van der Waals surface area (Å²) in [5.41, 5.74) is 1.11. The van der Waals surface area contributed by atoms with Gasteiger partial charge in [-0.05, 0) is 24.5 Å². The molecule has 1 unspecified atom stereocenters. The highest BCUT2D eigenvalue weighted by Crippen LogP contribution is 2.18. The number of aromatic nitrogens is 1. The van der Waals surface area contributed by atoms with E-state index in [1.165, 1.54) is 12.2 Å². The van der Waals surface area contributed by atoms with Crippen molar-refractivity contribution in [2.75, 3.05) is 12.3 Å². The first kappa shape index (κ1) is 13.4. The Balaban J connectivity index is 1.82. The lowest BCUT2D eigenvalue weighted by molar-refractivity contribution is 0.442.